The largest absolute Gasteiger partial charge is 0.487 e. The molecule has 0 unspecified atom stereocenters. The Morgan fingerprint density at radius 2 is 1.86 bits per heavy atom. The molecule has 0 fully saturated rings. The van der Waals surface area contributed by atoms with Crippen LogP contribution in [0.15, 0.2) is 46.9 Å². The Bertz CT molecular complexity index is 657. The molecule has 0 atom stereocenters. The molecule has 0 spiro atoms. The fourth-order valence-electron chi connectivity index (χ4n) is 1.90. The van der Waals surface area contributed by atoms with Crippen molar-refractivity contribution < 1.29 is 19.4 Å². The molecule has 0 radical (unpaired) electrons. The zero-order valence-corrected chi connectivity index (χ0v) is 12.9. The fraction of sp³-hybridized carbons (Fsp3) is 0.125. The molecule has 0 saturated heterocycles. The third-order valence-corrected chi connectivity index (χ3v) is 3.50. The second-order valence-electron chi connectivity index (χ2n) is 4.51. The Morgan fingerprint density at radius 1 is 1.19 bits per heavy atom. The van der Waals surface area contributed by atoms with Crippen molar-refractivity contribution in [2.24, 2.45) is 0 Å². The Labute approximate surface area is 130 Å². The van der Waals surface area contributed by atoms with Gasteiger partial charge in [0.2, 0.25) is 0 Å². The standard InChI is InChI=1S/C16H13BrO4/c1-10-7-12(14(18)16(19)20)8-13(17)15(10)21-9-11-5-3-2-4-6-11/h2-8H,9H2,1H3,(H,19,20). The van der Waals surface area contributed by atoms with Gasteiger partial charge in [0.1, 0.15) is 12.4 Å². The van der Waals surface area contributed by atoms with E-state index in [1.807, 2.05) is 30.3 Å². The van der Waals surface area contributed by atoms with Crippen LogP contribution in [0.2, 0.25) is 0 Å². The van der Waals surface area contributed by atoms with Gasteiger partial charge in [-0.2, -0.15) is 0 Å². The Balaban J connectivity index is 2.21. The molecule has 1 N–H and O–H groups in total. The lowest BCUT2D eigenvalue weighted by Gasteiger charge is -2.12. The predicted molar refractivity (Wildman–Crippen MR) is 81.6 cm³/mol. The van der Waals surface area contributed by atoms with Gasteiger partial charge in [0.15, 0.2) is 0 Å². The second-order valence-corrected chi connectivity index (χ2v) is 5.37. The summed E-state index contributed by atoms with van der Waals surface area (Å²) in [5, 5.41) is 8.74. The summed E-state index contributed by atoms with van der Waals surface area (Å²) in [6, 6.07) is 12.7. The number of hydrogen-bond donors (Lipinski definition) is 1. The molecule has 2 aromatic rings. The van der Waals surface area contributed by atoms with Gasteiger partial charge in [-0.3, -0.25) is 4.79 Å². The number of ether oxygens (including phenoxy) is 1. The first-order chi connectivity index (χ1) is 9.99. The number of carboxylic acid groups (broad SMARTS) is 1. The molecule has 21 heavy (non-hydrogen) atoms. The molecule has 5 heteroatoms. The summed E-state index contributed by atoms with van der Waals surface area (Å²) in [6.07, 6.45) is 0. The smallest absolute Gasteiger partial charge is 0.377 e. The highest BCUT2D eigenvalue weighted by molar-refractivity contribution is 9.10. The van der Waals surface area contributed by atoms with Crippen molar-refractivity contribution in [1.82, 2.24) is 0 Å². The van der Waals surface area contributed by atoms with Crippen LogP contribution >= 0.6 is 15.9 Å². The number of aryl methyl sites for hydroxylation is 1. The van der Waals surface area contributed by atoms with Crippen LogP contribution in [-0.4, -0.2) is 16.9 Å². The van der Waals surface area contributed by atoms with E-state index in [9.17, 15) is 9.59 Å². The topological polar surface area (TPSA) is 63.6 Å². The van der Waals surface area contributed by atoms with Crippen LogP contribution in [0.5, 0.6) is 5.75 Å². The lowest BCUT2D eigenvalue weighted by Crippen LogP contribution is -2.13. The van der Waals surface area contributed by atoms with Gasteiger partial charge in [-0.25, -0.2) is 4.79 Å². The van der Waals surface area contributed by atoms with Crippen molar-refractivity contribution in [2.75, 3.05) is 0 Å². The van der Waals surface area contributed by atoms with E-state index < -0.39 is 11.8 Å². The van der Waals surface area contributed by atoms with E-state index in [2.05, 4.69) is 15.9 Å². The maximum Gasteiger partial charge on any atom is 0.377 e. The third kappa shape index (κ3) is 3.70. The van der Waals surface area contributed by atoms with E-state index >= 15 is 0 Å². The number of carbonyl (C=O) groups excluding carboxylic acids is 1. The van der Waals surface area contributed by atoms with Crippen LogP contribution in [0.25, 0.3) is 0 Å². The van der Waals surface area contributed by atoms with E-state index in [1.165, 1.54) is 12.1 Å². The molecule has 0 aliphatic rings. The minimum absolute atomic E-state index is 0.124. The molecule has 0 bridgehead atoms. The lowest BCUT2D eigenvalue weighted by molar-refractivity contribution is -0.131. The third-order valence-electron chi connectivity index (χ3n) is 2.91. The van der Waals surface area contributed by atoms with Gasteiger partial charge >= 0.3 is 5.97 Å². The maximum atomic E-state index is 11.5. The minimum atomic E-state index is -1.47. The van der Waals surface area contributed by atoms with Crippen molar-refractivity contribution in [2.45, 2.75) is 13.5 Å². The van der Waals surface area contributed by atoms with Crippen molar-refractivity contribution in [3.05, 3.63) is 63.6 Å². The molecular weight excluding hydrogens is 336 g/mol. The summed E-state index contributed by atoms with van der Waals surface area (Å²) in [5.41, 5.74) is 1.85. The predicted octanol–water partition coefficient (Wildman–Crippen LogP) is 3.60. The number of rotatable bonds is 5. The van der Waals surface area contributed by atoms with Gasteiger partial charge in [0.05, 0.1) is 4.47 Å². The number of carbonyl (C=O) groups is 2. The van der Waals surface area contributed by atoms with Crippen molar-refractivity contribution in [1.29, 1.82) is 0 Å². The normalized spacial score (nSPS) is 10.2. The monoisotopic (exact) mass is 348 g/mol. The van der Waals surface area contributed by atoms with E-state index in [0.29, 0.717) is 22.4 Å². The number of ketones is 1. The molecule has 0 aliphatic heterocycles. The minimum Gasteiger partial charge on any atom is -0.487 e. The van der Waals surface area contributed by atoms with Crippen molar-refractivity contribution in [3.63, 3.8) is 0 Å². The number of hydrogen-bond acceptors (Lipinski definition) is 3. The first-order valence-corrected chi connectivity index (χ1v) is 7.03. The molecule has 0 heterocycles. The molecular formula is C16H13BrO4. The highest BCUT2D eigenvalue weighted by atomic mass is 79.9. The Kier molecular flexibility index (Phi) is 4.75. The van der Waals surface area contributed by atoms with Crippen LogP contribution in [0.4, 0.5) is 0 Å². The summed E-state index contributed by atoms with van der Waals surface area (Å²) in [6.45, 7) is 2.16. The van der Waals surface area contributed by atoms with Gasteiger partial charge in [0.25, 0.3) is 5.78 Å². The SMILES string of the molecule is Cc1cc(C(=O)C(=O)O)cc(Br)c1OCc1ccccc1. The number of halogens is 1. The van der Waals surface area contributed by atoms with Crippen LogP contribution in [0, 0.1) is 6.92 Å². The fourth-order valence-corrected chi connectivity index (χ4v) is 2.57. The molecule has 4 nitrogen and oxygen atoms in total. The molecule has 0 saturated carbocycles. The first kappa shape index (κ1) is 15.3. The molecule has 0 aromatic heterocycles. The quantitative estimate of drug-likeness (QED) is 0.662. The van der Waals surface area contributed by atoms with Crippen LogP contribution in [0.3, 0.4) is 0 Å². The highest BCUT2D eigenvalue weighted by Gasteiger charge is 2.18. The lowest BCUT2D eigenvalue weighted by atomic mass is 10.1. The van der Waals surface area contributed by atoms with Gasteiger partial charge in [-0.15, -0.1) is 0 Å². The first-order valence-electron chi connectivity index (χ1n) is 6.23. The summed E-state index contributed by atoms with van der Waals surface area (Å²) in [4.78, 5) is 22.2. The highest BCUT2D eigenvalue weighted by Crippen LogP contribution is 2.31. The maximum absolute atomic E-state index is 11.5. The molecule has 2 aromatic carbocycles. The van der Waals surface area contributed by atoms with E-state index in [-0.39, 0.29) is 5.56 Å². The zero-order chi connectivity index (χ0) is 15.4. The van der Waals surface area contributed by atoms with E-state index in [1.54, 1.807) is 6.92 Å². The Morgan fingerprint density at radius 3 is 2.43 bits per heavy atom. The van der Waals surface area contributed by atoms with Crippen molar-refractivity contribution >= 4 is 27.7 Å². The number of carboxylic acids is 1. The molecule has 108 valence electrons. The average Bonchev–Trinajstić information content (AvgIpc) is 2.46. The summed E-state index contributed by atoms with van der Waals surface area (Å²) < 4.78 is 6.30. The zero-order valence-electron chi connectivity index (χ0n) is 11.3. The van der Waals surface area contributed by atoms with Gasteiger partial charge in [-0.1, -0.05) is 30.3 Å². The summed E-state index contributed by atoms with van der Waals surface area (Å²) in [7, 11) is 0. The van der Waals surface area contributed by atoms with Gasteiger partial charge in [0, 0.05) is 5.56 Å². The Hall–Kier alpha value is -2.14. The van der Waals surface area contributed by atoms with Crippen molar-refractivity contribution in [3.8, 4) is 5.75 Å². The molecule has 2 rings (SSSR count). The molecule has 0 amide bonds. The summed E-state index contributed by atoms with van der Waals surface area (Å²) in [5.74, 6) is -1.81. The van der Waals surface area contributed by atoms with Gasteiger partial charge in [-0.05, 0) is 46.1 Å². The number of Topliss-reactive ketones (excluding diaryl/α,β-unsaturated/α-hetero) is 1. The van der Waals surface area contributed by atoms with E-state index in [4.69, 9.17) is 9.84 Å². The van der Waals surface area contributed by atoms with Gasteiger partial charge < -0.3 is 9.84 Å². The number of benzene rings is 2. The van der Waals surface area contributed by atoms with Crippen LogP contribution in [0.1, 0.15) is 21.5 Å². The second kappa shape index (κ2) is 6.54. The average molecular weight is 349 g/mol. The van der Waals surface area contributed by atoms with Crippen LogP contribution < -0.4 is 4.74 Å². The van der Waals surface area contributed by atoms with E-state index in [0.717, 1.165) is 5.56 Å². The summed E-state index contributed by atoms with van der Waals surface area (Å²) >= 11 is 3.32. The number of aliphatic carboxylic acids is 1. The molecule has 0 aliphatic carbocycles. The van der Waals surface area contributed by atoms with Crippen LogP contribution in [-0.2, 0) is 11.4 Å².